The van der Waals surface area contributed by atoms with E-state index >= 15 is 0 Å². The molecule has 0 saturated heterocycles. The van der Waals surface area contributed by atoms with Crippen molar-refractivity contribution >= 4 is 23.5 Å². The minimum absolute atomic E-state index is 0.0496. The van der Waals surface area contributed by atoms with Gasteiger partial charge >= 0.3 is 0 Å². The van der Waals surface area contributed by atoms with E-state index in [1.165, 1.54) is 0 Å². The van der Waals surface area contributed by atoms with Crippen LogP contribution in [0, 0.1) is 5.92 Å². The molecule has 0 aromatic heterocycles. The summed E-state index contributed by atoms with van der Waals surface area (Å²) >= 11 is 5.77. The summed E-state index contributed by atoms with van der Waals surface area (Å²) in [5, 5.41) is 0.708. The lowest BCUT2D eigenvalue weighted by Crippen LogP contribution is -2.07. The van der Waals surface area contributed by atoms with Gasteiger partial charge in [0.05, 0.1) is 0 Å². The molecule has 1 aromatic carbocycles. The van der Waals surface area contributed by atoms with Crippen LogP contribution in [-0.2, 0) is 4.79 Å². The van der Waals surface area contributed by atoms with Crippen molar-refractivity contribution in [2.45, 2.75) is 20.8 Å². The van der Waals surface area contributed by atoms with Crippen molar-refractivity contribution in [3.63, 3.8) is 0 Å². The van der Waals surface area contributed by atoms with Gasteiger partial charge in [0.25, 0.3) is 0 Å². The number of rotatable bonds is 3. The van der Waals surface area contributed by atoms with Crippen molar-refractivity contribution in [2.75, 3.05) is 0 Å². The zero-order valence-electron chi connectivity index (χ0n) is 9.25. The molecule has 1 rings (SSSR count). The van der Waals surface area contributed by atoms with Crippen molar-refractivity contribution in [3.8, 4) is 0 Å². The first kappa shape index (κ1) is 12.0. The zero-order chi connectivity index (χ0) is 11.4. The number of carbonyl (C=O) groups is 1. The first-order valence-corrected chi connectivity index (χ1v) is 5.36. The van der Waals surface area contributed by atoms with E-state index in [-0.39, 0.29) is 11.7 Å². The van der Waals surface area contributed by atoms with Crippen LogP contribution in [0.5, 0.6) is 0 Å². The van der Waals surface area contributed by atoms with Crippen LogP contribution in [-0.4, -0.2) is 5.78 Å². The van der Waals surface area contributed by atoms with Crippen molar-refractivity contribution in [1.29, 1.82) is 0 Å². The summed E-state index contributed by atoms with van der Waals surface area (Å²) < 4.78 is 0. The Kier molecular flexibility index (Phi) is 4.10. The quantitative estimate of drug-likeness (QED) is 0.708. The molecule has 0 fully saturated rings. The van der Waals surface area contributed by atoms with Gasteiger partial charge in [0, 0.05) is 10.9 Å². The van der Waals surface area contributed by atoms with E-state index in [1.807, 2.05) is 51.1 Å². The summed E-state index contributed by atoms with van der Waals surface area (Å²) in [6.07, 6.45) is 1.89. The van der Waals surface area contributed by atoms with E-state index in [9.17, 15) is 4.79 Å². The van der Waals surface area contributed by atoms with Crippen LogP contribution in [0.25, 0.3) is 6.08 Å². The van der Waals surface area contributed by atoms with E-state index in [2.05, 4.69) is 0 Å². The highest BCUT2D eigenvalue weighted by molar-refractivity contribution is 6.30. The van der Waals surface area contributed by atoms with Gasteiger partial charge in [0.2, 0.25) is 0 Å². The van der Waals surface area contributed by atoms with Gasteiger partial charge in [-0.3, -0.25) is 4.79 Å². The summed E-state index contributed by atoms with van der Waals surface area (Å²) in [7, 11) is 0. The molecule has 1 aromatic rings. The molecule has 0 saturated carbocycles. The van der Waals surface area contributed by atoms with Crippen LogP contribution in [0.2, 0.25) is 5.02 Å². The Morgan fingerprint density at radius 1 is 1.27 bits per heavy atom. The molecule has 80 valence electrons. The molecule has 0 radical (unpaired) electrons. The SMILES string of the molecule is CC(=Cc1ccc(Cl)cc1)C(=O)C(C)C. The molecule has 0 aliphatic carbocycles. The highest BCUT2D eigenvalue weighted by Gasteiger charge is 2.08. The monoisotopic (exact) mass is 222 g/mol. The molecule has 0 heterocycles. The van der Waals surface area contributed by atoms with Gasteiger partial charge in [-0.15, -0.1) is 0 Å². The normalized spacial score (nSPS) is 11.9. The van der Waals surface area contributed by atoms with Crippen LogP contribution in [0.4, 0.5) is 0 Å². The first-order valence-electron chi connectivity index (χ1n) is 4.99. The van der Waals surface area contributed by atoms with E-state index in [1.54, 1.807) is 0 Å². The molecule has 0 N–H and O–H groups in total. The molecular formula is C13H15ClO. The average Bonchev–Trinajstić information content (AvgIpc) is 2.20. The van der Waals surface area contributed by atoms with Gasteiger partial charge in [-0.1, -0.05) is 37.6 Å². The van der Waals surface area contributed by atoms with Crippen LogP contribution in [0.15, 0.2) is 29.8 Å². The molecule has 0 atom stereocenters. The highest BCUT2D eigenvalue weighted by Crippen LogP contribution is 2.14. The number of benzene rings is 1. The molecule has 2 heteroatoms. The van der Waals surface area contributed by atoms with Crippen molar-refractivity contribution in [1.82, 2.24) is 0 Å². The largest absolute Gasteiger partial charge is 0.294 e. The second-order valence-electron chi connectivity index (χ2n) is 3.90. The number of halogens is 1. The number of allylic oxidation sites excluding steroid dienone is 1. The minimum Gasteiger partial charge on any atom is -0.294 e. The summed E-state index contributed by atoms with van der Waals surface area (Å²) in [4.78, 5) is 11.6. The third-order valence-electron chi connectivity index (χ3n) is 2.17. The number of hydrogen-bond acceptors (Lipinski definition) is 1. The van der Waals surface area contributed by atoms with Crippen molar-refractivity contribution in [2.24, 2.45) is 5.92 Å². The van der Waals surface area contributed by atoms with Gasteiger partial charge in [-0.2, -0.15) is 0 Å². The van der Waals surface area contributed by atoms with Crippen molar-refractivity contribution < 1.29 is 4.79 Å². The number of ketones is 1. The van der Waals surface area contributed by atoms with Gasteiger partial charge in [-0.05, 0) is 36.3 Å². The second kappa shape index (κ2) is 5.13. The smallest absolute Gasteiger partial charge is 0.161 e. The summed E-state index contributed by atoms with van der Waals surface area (Å²) in [6.45, 7) is 5.65. The van der Waals surface area contributed by atoms with Gasteiger partial charge in [0.1, 0.15) is 0 Å². The zero-order valence-corrected chi connectivity index (χ0v) is 10.0. The molecular weight excluding hydrogens is 208 g/mol. The summed E-state index contributed by atoms with van der Waals surface area (Å²) in [6, 6.07) is 7.44. The van der Waals surface area contributed by atoms with E-state index < -0.39 is 0 Å². The van der Waals surface area contributed by atoms with E-state index in [0.29, 0.717) is 5.02 Å². The van der Waals surface area contributed by atoms with E-state index in [4.69, 9.17) is 11.6 Å². The Hall–Kier alpha value is -1.08. The van der Waals surface area contributed by atoms with Crippen molar-refractivity contribution in [3.05, 3.63) is 40.4 Å². The molecule has 0 amide bonds. The predicted molar refractivity (Wildman–Crippen MR) is 64.9 cm³/mol. The van der Waals surface area contributed by atoms with Crippen LogP contribution >= 0.6 is 11.6 Å². The third kappa shape index (κ3) is 3.52. The Morgan fingerprint density at radius 3 is 2.27 bits per heavy atom. The Labute approximate surface area is 95.8 Å². The average molecular weight is 223 g/mol. The molecule has 0 unspecified atom stereocenters. The first-order chi connectivity index (χ1) is 7.00. The highest BCUT2D eigenvalue weighted by atomic mass is 35.5. The molecule has 0 aliphatic rings. The predicted octanol–water partition coefficient (Wildman–Crippen LogP) is 3.97. The van der Waals surface area contributed by atoms with E-state index in [0.717, 1.165) is 11.1 Å². The lowest BCUT2D eigenvalue weighted by Gasteiger charge is -2.04. The molecule has 0 spiro atoms. The van der Waals surface area contributed by atoms with Gasteiger partial charge in [-0.25, -0.2) is 0 Å². The molecule has 1 nitrogen and oxygen atoms in total. The number of carbonyl (C=O) groups excluding carboxylic acids is 1. The lowest BCUT2D eigenvalue weighted by atomic mass is 10.0. The fourth-order valence-electron chi connectivity index (χ4n) is 1.34. The van der Waals surface area contributed by atoms with Gasteiger partial charge in [0.15, 0.2) is 5.78 Å². The van der Waals surface area contributed by atoms with Crippen LogP contribution in [0.3, 0.4) is 0 Å². The molecule has 0 aliphatic heterocycles. The maximum Gasteiger partial charge on any atom is 0.161 e. The van der Waals surface area contributed by atoms with Crippen LogP contribution in [0.1, 0.15) is 26.3 Å². The van der Waals surface area contributed by atoms with Gasteiger partial charge < -0.3 is 0 Å². The summed E-state index contributed by atoms with van der Waals surface area (Å²) in [5.74, 6) is 0.235. The minimum atomic E-state index is 0.0496. The Bertz CT molecular complexity index is 374. The Balaban J connectivity index is 2.87. The number of Topliss-reactive ketones (excluding diaryl/α,β-unsaturated/α-hetero) is 1. The number of hydrogen-bond donors (Lipinski definition) is 0. The molecule has 0 bridgehead atoms. The topological polar surface area (TPSA) is 17.1 Å². The standard InChI is InChI=1S/C13H15ClO/c1-9(2)13(15)10(3)8-11-4-6-12(14)7-5-11/h4-9H,1-3H3. The maximum atomic E-state index is 11.6. The second-order valence-corrected chi connectivity index (χ2v) is 4.33. The maximum absolute atomic E-state index is 11.6. The summed E-state index contributed by atoms with van der Waals surface area (Å²) in [5.41, 5.74) is 1.79. The Morgan fingerprint density at radius 2 is 1.80 bits per heavy atom. The fraction of sp³-hybridized carbons (Fsp3) is 0.308. The third-order valence-corrected chi connectivity index (χ3v) is 2.42. The van der Waals surface area contributed by atoms with Crippen LogP contribution < -0.4 is 0 Å². The lowest BCUT2D eigenvalue weighted by molar-refractivity contribution is -0.118. The fourth-order valence-corrected chi connectivity index (χ4v) is 1.46. The molecule has 15 heavy (non-hydrogen) atoms.